The summed E-state index contributed by atoms with van der Waals surface area (Å²) in [4.78, 5) is 0. The predicted molar refractivity (Wildman–Crippen MR) is 53.8 cm³/mol. The van der Waals surface area contributed by atoms with Crippen LogP contribution >= 0.6 is 0 Å². The molecule has 0 aromatic rings. The van der Waals surface area contributed by atoms with Gasteiger partial charge in [0, 0.05) is 11.8 Å². The SMILES string of the molecule is CC1C[N+](C)([O-])CC2C(C)CCC12. The molecule has 1 heterocycles. The number of rotatable bonds is 0. The van der Waals surface area contributed by atoms with E-state index in [0.29, 0.717) is 11.8 Å². The summed E-state index contributed by atoms with van der Waals surface area (Å²) < 4.78 is 0.00662. The van der Waals surface area contributed by atoms with Crippen molar-refractivity contribution in [1.82, 2.24) is 0 Å². The average molecular weight is 183 g/mol. The molecular weight excluding hydrogens is 162 g/mol. The van der Waals surface area contributed by atoms with E-state index in [0.717, 1.165) is 24.9 Å². The van der Waals surface area contributed by atoms with Crippen LogP contribution in [0.25, 0.3) is 0 Å². The molecule has 0 amide bonds. The zero-order valence-corrected chi connectivity index (χ0v) is 8.99. The minimum atomic E-state index is 0.00662. The number of quaternary nitrogens is 1. The van der Waals surface area contributed by atoms with Crippen LogP contribution in [0.5, 0.6) is 0 Å². The number of likely N-dealkylation sites (tertiary alicyclic amines) is 1. The van der Waals surface area contributed by atoms with Crippen molar-refractivity contribution in [2.45, 2.75) is 26.7 Å². The molecule has 0 aromatic heterocycles. The van der Waals surface area contributed by atoms with E-state index in [1.54, 1.807) is 0 Å². The molecule has 0 bridgehead atoms. The third-order valence-electron chi connectivity index (χ3n) is 4.24. The van der Waals surface area contributed by atoms with Crippen LogP contribution in [0.2, 0.25) is 0 Å². The minimum Gasteiger partial charge on any atom is -0.633 e. The summed E-state index contributed by atoms with van der Waals surface area (Å²) in [5.41, 5.74) is 0. The minimum absolute atomic E-state index is 0.00662. The van der Waals surface area contributed by atoms with Gasteiger partial charge in [0.2, 0.25) is 0 Å². The molecule has 0 aromatic carbocycles. The lowest BCUT2D eigenvalue weighted by Gasteiger charge is -2.50. The molecular formula is C11H21NO. The van der Waals surface area contributed by atoms with Crippen LogP contribution in [-0.2, 0) is 0 Å². The fourth-order valence-corrected chi connectivity index (χ4v) is 3.59. The van der Waals surface area contributed by atoms with Crippen molar-refractivity contribution in [3.63, 3.8) is 0 Å². The van der Waals surface area contributed by atoms with Crippen molar-refractivity contribution in [1.29, 1.82) is 0 Å². The van der Waals surface area contributed by atoms with Crippen LogP contribution in [0, 0.1) is 28.9 Å². The first-order valence-corrected chi connectivity index (χ1v) is 5.55. The lowest BCUT2D eigenvalue weighted by Crippen LogP contribution is -2.52. The van der Waals surface area contributed by atoms with Crippen molar-refractivity contribution in [3.05, 3.63) is 5.21 Å². The highest BCUT2D eigenvalue weighted by Gasteiger charge is 2.44. The van der Waals surface area contributed by atoms with Gasteiger partial charge in [0.1, 0.15) is 0 Å². The van der Waals surface area contributed by atoms with Gasteiger partial charge in [-0.2, -0.15) is 0 Å². The normalized spacial score (nSPS) is 56.3. The maximum atomic E-state index is 12.0. The lowest BCUT2D eigenvalue weighted by atomic mass is 9.78. The summed E-state index contributed by atoms with van der Waals surface area (Å²) in [6.07, 6.45) is 2.71. The highest BCUT2D eigenvalue weighted by atomic mass is 16.5. The summed E-state index contributed by atoms with van der Waals surface area (Å²) in [5.74, 6) is 3.01. The first kappa shape index (κ1) is 9.47. The van der Waals surface area contributed by atoms with Gasteiger partial charge in [-0.15, -0.1) is 0 Å². The van der Waals surface area contributed by atoms with Gasteiger partial charge in [0.15, 0.2) is 0 Å². The molecule has 2 aliphatic rings. The average Bonchev–Trinajstić information content (AvgIpc) is 2.30. The van der Waals surface area contributed by atoms with Crippen LogP contribution < -0.4 is 0 Å². The molecule has 2 heteroatoms. The lowest BCUT2D eigenvalue weighted by molar-refractivity contribution is -0.875. The summed E-state index contributed by atoms with van der Waals surface area (Å²) in [6.45, 7) is 6.30. The Labute approximate surface area is 81.1 Å². The van der Waals surface area contributed by atoms with E-state index in [1.807, 2.05) is 7.05 Å². The summed E-state index contributed by atoms with van der Waals surface area (Å²) in [7, 11) is 1.84. The third kappa shape index (κ3) is 1.62. The van der Waals surface area contributed by atoms with Gasteiger partial charge < -0.3 is 9.85 Å². The number of fused-ring (bicyclic) bond motifs is 1. The molecule has 76 valence electrons. The van der Waals surface area contributed by atoms with Crippen molar-refractivity contribution in [2.75, 3.05) is 20.1 Å². The number of hydroxylamine groups is 3. The standard InChI is InChI=1S/C11H21NO/c1-8-4-5-10-9(2)6-12(3,13)7-11(8)10/h8-11H,4-7H2,1-3H3. The van der Waals surface area contributed by atoms with Crippen LogP contribution in [0.4, 0.5) is 0 Å². The Morgan fingerprint density at radius 2 is 1.69 bits per heavy atom. The molecule has 5 atom stereocenters. The number of nitrogens with zero attached hydrogens (tertiary/aromatic N) is 1. The Bertz CT molecular complexity index is 202. The molecule has 1 saturated carbocycles. The number of hydrogen-bond acceptors (Lipinski definition) is 1. The maximum Gasteiger partial charge on any atom is 0.0815 e. The Hall–Kier alpha value is -0.0800. The van der Waals surface area contributed by atoms with Crippen LogP contribution in [0.1, 0.15) is 26.7 Å². The maximum absolute atomic E-state index is 12.0. The molecule has 2 nitrogen and oxygen atoms in total. The molecule has 2 rings (SSSR count). The zero-order valence-electron chi connectivity index (χ0n) is 8.99. The second kappa shape index (κ2) is 2.96. The Morgan fingerprint density at radius 3 is 2.38 bits per heavy atom. The number of hydrogen-bond donors (Lipinski definition) is 0. The first-order chi connectivity index (χ1) is 5.99. The third-order valence-corrected chi connectivity index (χ3v) is 4.24. The molecule has 1 saturated heterocycles. The van der Waals surface area contributed by atoms with Gasteiger partial charge in [0.25, 0.3) is 0 Å². The molecule has 2 fully saturated rings. The largest absolute Gasteiger partial charge is 0.633 e. The van der Waals surface area contributed by atoms with Crippen molar-refractivity contribution in [2.24, 2.45) is 23.7 Å². The highest BCUT2D eigenvalue weighted by Crippen LogP contribution is 2.45. The second-order valence-corrected chi connectivity index (χ2v) is 5.52. The fraction of sp³-hybridized carbons (Fsp3) is 1.00. The topological polar surface area (TPSA) is 23.1 Å². The first-order valence-electron chi connectivity index (χ1n) is 5.55. The fourth-order valence-electron chi connectivity index (χ4n) is 3.59. The van der Waals surface area contributed by atoms with Gasteiger partial charge >= 0.3 is 0 Å². The quantitative estimate of drug-likeness (QED) is 0.417. The monoisotopic (exact) mass is 183 g/mol. The molecule has 5 unspecified atom stereocenters. The zero-order chi connectivity index (χ0) is 9.64. The van der Waals surface area contributed by atoms with E-state index in [1.165, 1.54) is 12.8 Å². The van der Waals surface area contributed by atoms with Gasteiger partial charge in [-0.3, -0.25) is 0 Å². The molecule has 1 aliphatic heterocycles. The van der Waals surface area contributed by atoms with E-state index in [2.05, 4.69) is 13.8 Å². The van der Waals surface area contributed by atoms with Crippen LogP contribution in [0.15, 0.2) is 0 Å². The molecule has 0 spiro atoms. The molecule has 1 aliphatic carbocycles. The van der Waals surface area contributed by atoms with Gasteiger partial charge in [-0.05, 0) is 24.7 Å². The van der Waals surface area contributed by atoms with Crippen molar-refractivity contribution >= 4 is 0 Å². The number of piperidine rings is 1. The summed E-state index contributed by atoms with van der Waals surface area (Å²) in [5, 5.41) is 12.0. The Balaban J connectivity index is 2.14. The molecule has 0 N–H and O–H groups in total. The predicted octanol–water partition coefficient (Wildman–Crippen LogP) is 2.24. The Morgan fingerprint density at radius 1 is 1.00 bits per heavy atom. The van der Waals surface area contributed by atoms with Gasteiger partial charge in [0.05, 0.1) is 20.1 Å². The smallest absolute Gasteiger partial charge is 0.0815 e. The van der Waals surface area contributed by atoms with E-state index in [4.69, 9.17) is 0 Å². The van der Waals surface area contributed by atoms with E-state index in [-0.39, 0.29) is 4.65 Å². The van der Waals surface area contributed by atoms with Gasteiger partial charge in [-0.1, -0.05) is 13.8 Å². The highest BCUT2D eigenvalue weighted by molar-refractivity contribution is 4.88. The van der Waals surface area contributed by atoms with Crippen LogP contribution in [0.3, 0.4) is 0 Å². The molecule has 0 radical (unpaired) electrons. The summed E-state index contributed by atoms with van der Waals surface area (Å²) in [6, 6.07) is 0. The van der Waals surface area contributed by atoms with Crippen LogP contribution in [-0.4, -0.2) is 24.8 Å². The van der Waals surface area contributed by atoms with E-state index < -0.39 is 0 Å². The van der Waals surface area contributed by atoms with E-state index in [9.17, 15) is 5.21 Å². The van der Waals surface area contributed by atoms with Crippen molar-refractivity contribution < 1.29 is 4.65 Å². The molecule has 13 heavy (non-hydrogen) atoms. The van der Waals surface area contributed by atoms with Gasteiger partial charge in [-0.25, -0.2) is 0 Å². The Kier molecular flexibility index (Phi) is 2.16. The second-order valence-electron chi connectivity index (χ2n) is 5.52. The van der Waals surface area contributed by atoms with E-state index >= 15 is 0 Å². The summed E-state index contributed by atoms with van der Waals surface area (Å²) >= 11 is 0. The van der Waals surface area contributed by atoms with Crippen molar-refractivity contribution in [3.8, 4) is 0 Å².